The van der Waals surface area contributed by atoms with E-state index in [-0.39, 0.29) is 11.3 Å². The summed E-state index contributed by atoms with van der Waals surface area (Å²) in [6.45, 7) is 3.57. The lowest BCUT2D eigenvalue weighted by Gasteiger charge is -2.15. The lowest BCUT2D eigenvalue weighted by Crippen LogP contribution is -2.13. The minimum absolute atomic E-state index is 0.0109. The van der Waals surface area contributed by atoms with Crippen molar-refractivity contribution >= 4 is 17.3 Å². The van der Waals surface area contributed by atoms with Gasteiger partial charge in [-0.3, -0.25) is 0 Å². The normalized spacial score (nSPS) is 11.1. The Labute approximate surface area is 141 Å². The van der Waals surface area contributed by atoms with Gasteiger partial charge in [0.2, 0.25) is 0 Å². The second-order valence-corrected chi connectivity index (χ2v) is 5.02. The van der Waals surface area contributed by atoms with Crippen LogP contribution in [0.4, 0.5) is 28.9 Å². The molecule has 2 aromatic rings. The molecule has 0 spiro atoms. The molecule has 0 unspecified atom stereocenters. The third kappa shape index (κ3) is 4.34. The molecule has 4 nitrogen and oxygen atoms in total. The summed E-state index contributed by atoms with van der Waals surface area (Å²) in [6.07, 6.45) is -1.95. The lowest BCUT2D eigenvalue weighted by molar-refractivity contribution is -0.141. The zero-order valence-corrected chi connectivity index (χ0v) is 13.2. The Morgan fingerprint density at radius 3 is 2.64 bits per heavy atom. The van der Waals surface area contributed by atoms with Crippen LogP contribution in [0.1, 0.15) is 21.6 Å². The standard InChI is InChI=1S/C17H14F4N2O2/c1-3-4-10-7-11(18)5-6-13(10)23-14-9-22-15(17(19,20)21)8-12(14)16(24)25-2/h3,5-9,23H,1,4H2,2H3. The van der Waals surface area contributed by atoms with Crippen molar-refractivity contribution < 1.29 is 27.1 Å². The molecule has 25 heavy (non-hydrogen) atoms. The summed E-state index contributed by atoms with van der Waals surface area (Å²) >= 11 is 0. The quantitative estimate of drug-likeness (QED) is 0.488. The highest BCUT2D eigenvalue weighted by atomic mass is 19.4. The molecule has 0 radical (unpaired) electrons. The van der Waals surface area contributed by atoms with E-state index in [4.69, 9.17) is 0 Å². The molecule has 0 saturated carbocycles. The molecule has 132 valence electrons. The number of alkyl halides is 3. The second kappa shape index (κ2) is 7.33. The van der Waals surface area contributed by atoms with Gasteiger partial charge in [-0.1, -0.05) is 6.08 Å². The number of nitrogens with zero attached hydrogens (tertiary/aromatic N) is 1. The molecule has 0 aliphatic rings. The van der Waals surface area contributed by atoms with Crippen LogP contribution in [0.25, 0.3) is 0 Å². The number of carbonyl (C=O) groups is 1. The Bertz CT molecular complexity index is 804. The van der Waals surface area contributed by atoms with Gasteiger partial charge in [0.1, 0.15) is 11.5 Å². The molecule has 0 aliphatic heterocycles. The monoisotopic (exact) mass is 354 g/mol. The molecule has 0 aliphatic carbocycles. The summed E-state index contributed by atoms with van der Waals surface area (Å²) in [5.41, 5.74) is -0.613. The maximum Gasteiger partial charge on any atom is 0.433 e. The molecule has 0 saturated heterocycles. The number of pyridine rings is 1. The Hall–Kier alpha value is -2.90. The number of esters is 1. The summed E-state index contributed by atoms with van der Waals surface area (Å²) in [5, 5.41) is 2.80. The molecule has 8 heteroatoms. The number of halogens is 4. The number of ether oxygens (including phenoxy) is 1. The average molecular weight is 354 g/mol. The van der Waals surface area contributed by atoms with Crippen LogP contribution in [0.3, 0.4) is 0 Å². The number of anilines is 2. The van der Waals surface area contributed by atoms with Crippen molar-refractivity contribution in [3.63, 3.8) is 0 Å². The van der Waals surface area contributed by atoms with Gasteiger partial charge in [-0.05, 0) is 36.2 Å². The van der Waals surface area contributed by atoms with Crippen molar-refractivity contribution in [2.24, 2.45) is 0 Å². The number of rotatable bonds is 5. The van der Waals surface area contributed by atoms with E-state index >= 15 is 0 Å². The molecule has 1 heterocycles. The Morgan fingerprint density at radius 1 is 1.32 bits per heavy atom. The topological polar surface area (TPSA) is 51.2 Å². The van der Waals surface area contributed by atoms with Crippen LogP contribution in [-0.4, -0.2) is 18.1 Å². The third-order valence-electron chi connectivity index (χ3n) is 3.30. The van der Waals surface area contributed by atoms with Crippen molar-refractivity contribution in [2.45, 2.75) is 12.6 Å². The largest absolute Gasteiger partial charge is 0.465 e. The lowest BCUT2D eigenvalue weighted by atomic mass is 10.1. The summed E-state index contributed by atoms with van der Waals surface area (Å²) in [7, 11) is 1.06. The van der Waals surface area contributed by atoms with Crippen molar-refractivity contribution in [2.75, 3.05) is 12.4 Å². The Morgan fingerprint density at radius 2 is 2.04 bits per heavy atom. The zero-order chi connectivity index (χ0) is 18.6. The first kappa shape index (κ1) is 18.4. The number of hydrogen-bond donors (Lipinski definition) is 1. The minimum Gasteiger partial charge on any atom is -0.465 e. The molecule has 1 aromatic heterocycles. The van der Waals surface area contributed by atoms with E-state index in [1.54, 1.807) is 6.08 Å². The van der Waals surface area contributed by atoms with Gasteiger partial charge in [-0.25, -0.2) is 14.2 Å². The van der Waals surface area contributed by atoms with Crippen LogP contribution in [0.15, 0.2) is 43.1 Å². The number of carbonyl (C=O) groups excluding carboxylic acids is 1. The number of nitrogens with one attached hydrogen (secondary N) is 1. The predicted octanol–water partition coefficient (Wildman–Crippen LogP) is 4.50. The van der Waals surface area contributed by atoms with Crippen molar-refractivity contribution in [3.05, 3.63) is 65.8 Å². The van der Waals surface area contributed by atoms with Crippen molar-refractivity contribution in [1.29, 1.82) is 0 Å². The van der Waals surface area contributed by atoms with Crippen LogP contribution < -0.4 is 5.32 Å². The fourth-order valence-corrected chi connectivity index (χ4v) is 2.14. The molecular formula is C17H14F4N2O2. The maximum atomic E-state index is 13.4. The second-order valence-electron chi connectivity index (χ2n) is 5.02. The van der Waals surface area contributed by atoms with Crippen LogP contribution >= 0.6 is 0 Å². The van der Waals surface area contributed by atoms with Gasteiger partial charge in [0.25, 0.3) is 0 Å². The number of benzene rings is 1. The summed E-state index contributed by atoms with van der Waals surface area (Å²) in [5.74, 6) is -1.43. The Kier molecular flexibility index (Phi) is 5.41. The molecule has 0 amide bonds. The van der Waals surface area contributed by atoms with Crippen molar-refractivity contribution in [1.82, 2.24) is 4.98 Å². The van der Waals surface area contributed by atoms with Gasteiger partial charge in [0, 0.05) is 5.69 Å². The van der Waals surface area contributed by atoms with Crippen LogP contribution in [-0.2, 0) is 17.3 Å². The molecule has 1 aromatic carbocycles. The molecule has 0 fully saturated rings. The molecule has 0 atom stereocenters. The molecule has 0 bridgehead atoms. The van der Waals surface area contributed by atoms with Gasteiger partial charge < -0.3 is 10.1 Å². The van der Waals surface area contributed by atoms with Gasteiger partial charge in [-0.15, -0.1) is 6.58 Å². The number of hydrogen-bond acceptors (Lipinski definition) is 4. The molecule has 2 rings (SSSR count). The van der Waals surface area contributed by atoms with Crippen LogP contribution in [0.5, 0.6) is 0 Å². The van der Waals surface area contributed by atoms with E-state index in [1.165, 1.54) is 18.2 Å². The van der Waals surface area contributed by atoms with E-state index in [9.17, 15) is 22.4 Å². The summed E-state index contributed by atoms with van der Waals surface area (Å²) in [4.78, 5) is 15.2. The predicted molar refractivity (Wildman–Crippen MR) is 84.2 cm³/mol. The summed E-state index contributed by atoms with van der Waals surface area (Å²) in [6, 6.07) is 4.46. The van der Waals surface area contributed by atoms with E-state index in [0.29, 0.717) is 23.7 Å². The van der Waals surface area contributed by atoms with Gasteiger partial charge in [0.15, 0.2) is 0 Å². The first-order valence-electron chi connectivity index (χ1n) is 7.08. The number of allylic oxidation sites excluding steroid dienone is 1. The first-order chi connectivity index (χ1) is 11.8. The van der Waals surface area contributed by atoms with Gasteiger partial charge in [-0.2, -0.15) is 13.2 Å². The molecule has 1 N–H and O–H groups in total. The number of aromatic nitrogens is 1. The highest BCUT2D eigenvalue weighted by Crippen LogP contribution is 2.32. The third-order valence-corrected chi connectivity index (χ3v) is 3.30. The van der Waals surface area contributed by atoms with Crippen LogP contribution in [0, 0.1) is 5.82 Å². The smallest absolute Gasteiger partial charge is 0.433 e. The molecular weight excluding hydrogens is 340 g/mol. The highest BCUT2D eigenvalue weighted by molar-refractivity contribution is 5.96. The fraction of sp³-hybridized carbons (Fsp3) is 0.176. The maximum absolute atomic E-state index is 13.4. The number of methoxy groups -OCH3 is 1. The Balaban J connectivity index is 2.49. The summed E-state index contributed by atoms with van der Waals surface area (Å²) < 4.78 is 56.4. The van der Waals surface area contributed by atoms with E-state index < -0.39 is 23.7 Å². The first-order valence-corrected chi connectivity index (χ1v) is 7.08. The minimum atomic E-state index is -4.70. The SMILES string of the molecule is C=CCc1cc(F)ccc1Nc1cnc(C(F)(F)F)cc1C(=O)OC. The van der Waals surface area contributed by atoms with Crippen LogP contribution in [0.2, 0.25) is 0 Å². The fourth-order valence-electron chi connectivity index (χ4n) is 2.14. The van der Waals surface area contributed by atoms with Gasteiger partial charge >= 0.3 is 12.1 Å². The van der Waals surface area contributed by atoms with Gasteiger partial charge in [0.05, 0.1) is 24.6 Å². The zero-order valence-electron chi connectivity index (χ0n) is 13.2. The highest BCUT2D eigenvalue weighted by Gasteiger charge is 2.34. The van der Waals surface area contributed by atoms with E-state index in [1.807, 2.05) is 0 Å². The van der Waals surface area contributed by atoms with Crippen molar-refractivity contribution in [3.8, 4) is 0 Å². The van der Waals surface area contributed by atoms with E-state index in [0.717, 1.165) is 13.3 Å². The average Bonchev–Trinajstić information content (AvgIpc) is 2.56. The van der Waals surface area contributed by atoms with E-state index in [2.05, 4.69) is 21.6 Å².